The van der Waals surface area contributed by atoms with Crippen molar-refractivity contribution in [1.82, 2.24) is 5.32 Å². The first kappa shape index (κ1) is 19.3. The second kappa shape index (κ2) is 7.89. The van der Waals surface area contributed by atoms with Crippen molar-refractivity contribution in [3.05, 3.63) is 29.8 Å². The molecule has 1 aliphatic rings. The van der Waals surface area contributed by atoms with Crippen molar-refractivity contribution in [2.45, 2.75) is 65.4 Å². The van der Waals surface area contributed by atoms with Crippen LogP contribution in [0.5, 0.6) is 0 Å². The zero-order valence-electron chi connectivity index (χ0n) is 15.8. The van der Waals surface area contributed by atoms with Gasteiger partial charge in [-0.3, -0.25) is 4.79 Å². The largest absolute Gasteiger partial charge is 0.444 e. The number of carbonyl (C=O) groups excluding carboxylic acids is 2. The zero-order chi connectivity index (χ0) is 18.5. The maximum Gasteiger partial charge on any atom is 0.407 e. The summed E-state index contributed by atoms with van der Waals surface area (Å²) in [6.45, 7) is 7.76. The maximum absolute atomic E-state index is 13.0. The van der Waals surface area contributed by atoms with Crippen LogP contribution in [0.2, 0.25) is 0 Å². The second-order valence-electron chi connectivity index (χ2n) is 7.97. The number of hydrogen-bond acceptors (Lipinski definition) is 3. The summed E-state index contributed by atoms with van der Waals surface area (Å²) in [4.78, 5) is 25.0. The SMILES string of the molecule is Cc1ccccc1NC(=O)C1(CNC(=O)OC(C)(C)C)CCCCC1. The highest BCUT2D eigenvalue weighted by molar-refractivity contribution is 5.96. The Hall–Kier alpha value is -2.04. The molecule has 0 atom stereocenters. The normalized spacial score (nSPS) is 16.8. The number of anilines is 1. The van der Waals surface area contributed by atoms with Gasteiger partial charge in [0.15, 0.2) is 0 Å². The highest BCUT2D eigenvalue weighted by Gasteiger charge is 2.40. The van der Waals surface area contributed by atoms with E-state index in [-0.39, 0.29) is 5.91 Å². The lowest BCUT2D eigenvalue weighted by molar-refractivity contribution is -0.127. The number of carbonyl (C=O) groups is 2. The number of amides is 2. The van der Waals surface area contributed by atoms with Gasteiger partial charge in [0.1, 0.15) is 5.60 Å². The lowest BCUT2D eigenvalue weighted by Crippen LogP contribution is -2.48. The standard InChI is InChI=1S/C20H30N2O3/c1-15-10-6-7-11-16(15)22-17(23)20(12-8-5-9-13-20)14-21-18(24)25-19(2,3)4/h6-7,10-11H,5,8-9,12-14H2,1-4H3,(H,21,24)(H,22,23). The van der Waals surface area contributed by atoms with E-state index in [1.807, 2.05) is 52.0 Å². The minimum absolute atomic E-state index is 0.0161. The van der Waals surface area contributed by atoms with Crippen molar-refractivity contribution < 1.29 is 14.3 Å². The summed E-state index contributed by atoms with van der Waals surface area (Å²) >= 11 is 0. The Bertz CT molecular complexity index is 614. The van der Waals surface area contributed by atoms with Gasteiger partial charge in [0, 0.05) is 12.2 Å². The van der Waals surface area contributed by atoms with Crippen molar-refractivity contribution in [1.29, 1.82) is 0 Å². The maximum atomic E-state index is 13.0. The number of hydrogen-bond donors (Lipinski definition) is 2. The quantitative estimate of drug-likeness (QED) is 0.848. The molecule has 0 spiro atoms. The third-order valence-electron chi connectivity index (χ3n) is 4.66. The zero-order valence-corrected chi connectivity index (χ0v) is 15.8. The number of nitrogens with one attached hydrogen (secondary N) is 2. The summed E-state index contributed by atoms with van der Waals surface area (Å²) in [5.74, 6) is -0.0161. The number of rotatable bonds is 4. The second-order valence-corrected chi connectivity index (χ2v) is 7.97. The van der Waals surface area contributed by atoms with Crippen molar-refractivity contribution in [3.8, 4) is 0 Å². The van der Waals surface area contributed by atoms with Crippen LogP contribution in [0.3, 0.4) is 0 Å². The molecule has 0 aromatic heterocycles. The topological polar surface area (TPSA) is 67.4 Å². The van der Waals surface area contributed by atoms with Crippen LogP contribution in [0.25, 0.3) is 0 Å². The van der Waals surface area contributed by atoms with Gasteiger partial charge < -0.3 is 15.4 Å². The molecule has 1 aliphatic carbocycles. The average Bonchev–Trinajstić information content (AvgIpc) is 2.54. The van der Waals surface area contributed by atoms with Crippen molar-refractivity contribution >= 4 is 17.7 Å². The van der Waals surface area contributed by atoms with Crippen LogP contribution in [-0.2, 0) is 9.53 Å². The Morgan fingerprint density at radius 2 is 1.76 bits per heavy atom. The molecule has 0 aliphatic heterocycles. The third kappa shape index (κ3) is 5.48. The first-order valence-electron chi connectivity index (χ1n) is 9.06. The molecule has 0 unspecified atom stereocenters. The van der Waals surface area contributed by atoms with Crippen LogP contribution in [0, 0.1) is 12.3 Å². The average molecular weight is 346 g/mol. The summed E-state index contributed by atoms with van der Waals surface area (Å²) in [5.41, 5.74) is 0.738. The number of alkyl carbamates (subject to hydrolysis) is 1. The summed E-state index contributed by atoms with van der Waals surface area (Å²) < 4.78 is 5.31. The Kier molecular flexibility index (Phi) is 6.09. The van der Waals surface area contributed by atoms with Crippen LogP contribution in [0.15, 0.2) is 24.3 Å². The van der Waals surface area contributed by atoms with Crippen LogP contribution in [0.1, 0.15) is 58.4 Å². The van der Waals surface area contributed by atoms with E-state index < -0.39 is 17.1 Å². The summed E-state index contributed by atoms with van der Waals surface area (Å²) in [7, 11) is 0. The summed E-state index contributed by atoms with van der Waals surface area (Å²) in [5, 5.41) is 5.87. The van der Waals surface area contributed by atoms with Gasteiger partial charge >= 0.3 is 6.09 Å². The predicted molar refractivity (Wildman–Crippen MR) is 99.6 cm³/mol. The van der Waals surface area contributed by atoms with E-state index in [1.54, 1.807) is 0 Å². The van der Waals surface area contributed by atoms with Gasteiger partial charge in [0.05, 0.1) is 5.41 Å². The van der Waals surface area contributed by atoms with Gasteiger partial charge in [0.2, 0.25) is 5.91 Å². The Morgan fingerprint density at radius 3 is 2.36 bits per heavy atom. The van der Waals surface area contributed by atoms with Crippen molar-refractivity contribution in [2.75, 3.05) is 11.9 Å². The summed E-state index contributed by atoms with van der Waals surface area (Å²) in [6, 6.07) is 7.74. The first-order valence-corrected chi connectivity index (χ1v) is 9.06. The van der Waals surface area contributed by atoms with Gasteiger partial charge in [-0.25, -0.2) is 4.79 Å². The van der Waals surface area contributed by atoms with Gasteiger partial charge in [-0.15, -0.1) is 0 Å². The lowest BCUT2D eigenvalue weighted by atomic mass is 9.73. The van der Waals surface area contributed by atoms with E-state index in [0.29, 0.717) is 6.54 Å². The van der Waals surface area contributed by atoms with E-state index >= 15 is 0 Å². The molecular formula is C20H30N2O3. The fourth-order valence-electron chi connectivity index (χ4n) is 3.24. The number of aryl methyl sites for hydroxylation is 1. The van der Waals surface area contributed by atoms with Gasteiger partial charge in [0.25, 0.3) is 0 Å². The minimum Gasteiger partial charge on any atom is -0.444 e. The van der Waals surface area contributed by atoms with Crippen molar-refractivity contribution in [3.63, 3.8) is 0 Å². The monoisotopic (exact) mass is 346 g/mol. The van der Waals surface area contributed by atoms with Crippen LogP contribution in [-0.4, -0.2) is 24.1 Å². The lowest BCUT2D eigenvalue weighted by Gasteiger charge is -2.36. The third-order valence-corrected chi connectivity index (χ3v) is 4.66. The van der Waals surface area contributed by atoms with Gasteiger partial charge in [-0.1, -0.05) is 37.5 Å². The van der Waals surface area contributed by atoms with Crippen molar-refractivity contribution in [2.24, 2.45) is 5.41 Å². The van der Waals surface area contributed by atoms with E-state index in [2.05, 4.69) is 10.6 Å². The highest BCUT2D eigenvalue weighted by atomic mass is 16.6. The highest BCUT2D eigenvalue weighted by Crippen LogP contribution is 2.37. The molecule has 2 amide bonds. The predicted octanol–water partition coefficient (Wildman–Crippen LogP) is 4.41. The van der Waals surface area contributed by atoms with Crippen LogP contribution in [0.4, 0.5) is 10.5 Å². The number of benzene rings is 1. The molecule has 0 saturated heterocycles. The molecule has 0 bridgehead atoms. The van der Waals surface area contributed by atoms with Gasteiger partial charge in [-0.2, -0.15) is 0 Å². The van der Waals surface area contributed by atoms with E-state index in [9.17, 15) is 9.59 Å². The molecular weight excluding hydrogens is 316 g/mol. The molecule has 138 valence electrons. The Balaban J connectivity index is 2.07. The van der Waals surface area contributed by atoms with Crippen LogP contribution >= 0.6 is 0 Å². The molecule has 1 saturated carbocycles. The Morgan fingerprint density at radius 1 is 1.12 bits per heavy atom. The molecule has 1 aromatic rings. The molecule has 5 nitrogen and oxygen atoms in total. The van der Waals surface area contributed by atoms with Crippen LogP contribution < -0.4 is 10.6 Å². The minimum atomic E-state index is -0.572. The molecule has 25 heavy (non-hydrogen) atoms. The van der Waals surface area contributed by atoms with E-state index in [4.69, 9.17) is 4.74 Å². The fraction of sp³-hybridized carbons (Fsp3) is 0.600. The molecule has 0 heterocycles. The summed E-state index contributed by atoms with van der Waals surface area (Å²) in [6.07, 6.45) is 4.21. The smallest absolute Gasteiger partial charge is 0.407 e. The molecule has 2 rings (SSSR count). The molecule has 0 radical (unpaired) electrons. The first-order chi connectivity index (χ1) is 11.7. The number of ether oxygens (including phenoxy) is 1. The number of para-hydroxylation sites is 1. The molecule has 1 fully saturated rings. The Labute approximate surface area is 150 Å². The fourth-order valence-corrected chi connectivity index (χ4v) is 3.24. The molecule has 2 N–H and O–H groups in total. The van der Waals surface area contributed by atoms with E-state index in [0.717, 1.165) is 43.4 Å². The molecule has 5 heteroatoms. The molecule has 1 aromatic carbocycles. The van der Waals surface area contributed by atoms with E-state index in [1.165, 1.54) is 0 Å². The van der Waals surface area contributed by atoms with Gasteiger partial charge in [-0.05, 0) is 52.2 Å².